The molecular formula is C15H19ClFNO2. The quantitative estimate of drug-likeness (QED) is 0.878. The molecule has 1 aromatic carbocycles. The number of amides is 1. The fourth-order valence-corrected chi connectivity index (χ4v) is 2.68. The highest BCUT2D eigenvalue weighted by Crippen LogP contribution is 2.50. The maximum absolute atomic E-state index is 13.8. The molecule has 20 heavy (non-hydrogen) atoms. The third kappa shape index (κ3) is 3.13. The van der Waals surface area contributed by atoms with Gasteiger partial charge in [0.25, 0.3) is 0 Å². The second-order valence-corrected chi connectivity index (χ2v) is 6.03. The highest BCUT2D eigenvalue weighted by atomic mass is 35.5. The maximum atomic E-state index is 13.8. The Hall–Kier alpha value is -1.13. The lowest BCUT2D eigenvalue weighted by atomic mass is 10.0. The summed E-state index contributed by atoms with van der Waals surface area (Å²) in [6.07, 6.45) is 0.600. The van der Waals surface area contributed by atoms with Gasteiger partial charge in [-0.3, -0.25) is 4.79 Å². The van der Waals surface area contributed by atoms with Crippen LogP contribution in [-0.2, 0) is 4.79 Å². The van der Waals surface area contributed by atoms with Gasteiger partial charge in [-0.25, -0.2) is 4.39 Å². The number of halogens is 2. The lowest BCUT2D eigenvalue weighted by Gasteiger charge is -2.20. The Morgan fingerprint density at radius 2 is 2.25 bits per heavy atom. The van der Waals surface area contributed by atoms with E-state index in [-0.39, 0.29) is 42.1 Å². The van der Waals surface area contributed by atoms with E-state index >= 15 is 0 Å². The summed E-state index contributed by atoms with van der Waals surface area (Å²) in [5.74, 6) is -0.756. The Balaban J connectivity index is 2.03. The second-order valence-electron chi connectivity index (χ2n) is 5.63. The van der Waals surface area contributed by atoms with Crippen molar-refractivity contribution in [2.75, 3.05) is 6.61 Å². The van der Waals surface area contributed by atoms with E-state index in [2.05, 4.69) is 5.32 Å². The van der Waals surface area contributed by atoms with Crippen LogP contribution in [0.25, 0.3) is 0 Å². The zero-order valence-corrected chi connectivity index (χ0v) is 12.3. The first-order valence-corrected chi connectivity index (χ1v) is 7.18. The zero-order chi connectivity index (χ0) is 14.9. The first-order chi connectivity index (χ1) is 9.45. The lowest BCUT2D eigenvalue weighted by Crippen LogP contribution is -2.42. The summed E-state index contributed by atoms with van der Waals surface area (Å²) in [6.45, 7) is 3.76. The average molecular weight is 300 g/mol. The van der Waals surface area contributed by atoms with Gasteiger partial charge in [-0.15, -0.1) is 0 Å². The maximum Gasteiger partial charge on any atom is 0.224 e. The SMILES string of the molecule is CC(C)[C@@H](CO)NC(=O)[C@H]1C[C@H]1c1c(F)cccc1Cl. The van der Waals surface area contributed by atoms with E-state index < -0.39 is 0 Å². The predicted octanol–water partition coefficient (Wildman–Crippen LogP) is 2.72. The smallest absolute Gasteiger partial charge is 0.224 e. The summed E-state index contributed by atoms with van der Waals surface area (Å²) in [5.41, 5.74) is 0.430. The third-order valence-corrected chi connectivity index (χ3v) is 4.16. The van der Waals surface area contributed by atoms with Crippen molar-refractivity contribution in [1.29, 1.82) is 0 Å². The summed E-state index contributed by atoms with van der Waals surface area (Å²) >= 11 is 6.01. The minimum Gasteiger partial charge on any atom is -0.394 e. The number of aliphatic hydroxyl groups is 1. The number of rotatable bonds is 5. The molecule has 110 valence electrons. The molecule has 0 saturated heterocycles. The molecule has 0 bridgehead atoms. The number of carbonyl (C=O) groups excluding carboxylic acids is 1. The molecule has 0 unspecified atom stereocenters. The normalized spacial score (nSPS) is 22.7. The third-order valence-electron chi connectivity index (χ3n) is 3.83. The van der Waals surface area contributed by atoms with Crippen LogP contribution in [0.5, 0.6) is 0 Å². The van der Waals surface area contributed by atoms with Gasteiger partial charge in [-0.2, -0.15) is 0 Å². The van der Waals surface area contributed by atoms with Crippen LogP contribution in [0.15, 0.2) is 18.2 Å². The van der Waals surface area contributed by atoms with Crippen LogP contribution in [0.3, 0.4) is 0 Å². The minimum atomic E-state index is -0.361. The molecule has 1 saturated carbocycles. The highest BCUT2D eigenvalue weighted by Gasteiger charge is 2.46. The van der Waals surface area contributed by atoms with Crippen molar-refractivity contribution in [3.05, 3.63) is 34.6 Å². The van der Waals surface area contributed by atoms with Gasteiger partial charge in [-0.1, -0.05) is 31.5 Å². The van der Waals surface area contributed by atoms with E-state index in [1.807, 2.05) is 13.8 Å². The Morgan fingerprint density at radius 3 is 2.80 bits per heavy atom. The van der Waals surface area contributed by atoms with Crippen molar-refractivity contribution in [1.82, 2.24) is 5.32 Å². The molecule has 0 spiro atoms. The van der Waals surface area contributed by atoms with Crippen LogP contribution >= 0.6 is 11.6 Å². The molecule has 2 rings (SSSR count). The van der Waals surface area contributed by atoms with Gasteiger partial charge in [0.15, 0.2) is 0 Å². The van der Waals surface area contributed by atoms with Crippen LogP contribution in [0.2, 0.25) is 5.02 Å². The van der Waals surface area contributed by atoms with Crippen molar-refractivity contribution in [3.8, 4) is 0 Å². The van der Waals surface area contributed by atoms with Gasteiger partial charge in [-0.05, 0) is 24.5 Å². The van der Waals surface area contributed by atoms with Gasteiger partial charge in [0.2, 0.25) is 5.91 Å². The highest BCUT2D eigenvalue weighted by molar-refractivity contribution is 6.31. The van der Waals surface area contributed by atoms with Crippen molar-refractivity contribution in [2.24, 2.45) is 11.8 Å². The van der Waals surface area contributed by atoms with Crippen LogP contribution in [0.4, 0.5) is 4.39 Å². The van der Waals surface area contributed by atoms with E-state index in [1.54, 1.807) is 12.1 Å². The zero-order valence-electron chi connectivity index (χ0n) is 11.6. The topological polar surface area (TPSA) is 49.3 Å². The summed E-state index contributed by atoms with van der Waals surface area (Å²) < 4.78 is 13.8. The van der Waals surface area contributed by atoms with Gasteiger partial charge in [0, 0.05) is 22.4 Å². The molecule has 1 aliphatic rings. The Morgan fingerprint density at radius 1 is 1.55 bits per heavy atom. The standard InChI is InChI=1S/C15H19ClFNO2/c1-8(2)13(7-19)18-15(20)10-6-9(10)14-11(16)4-3-5-12(14)17/h3-5,8-10,13,19H,6-7H2,1-2H3,(H,18,20)/t9-,10+,13-/m1/s1. The molecule has 1 fully saturated rings. The molecule has 3 nitrogen and oxygen atoms in total. The summed E-state index contributed by atoms with van der Waals surface area (Å²) in [5, 5.41) is 12.4. The van der Waals surface area contributed by atoms with Crippen LogP contribution in [0, 0.1) is 17.7 Å². The monoisotopic (exact) mass is 299 g/mol. The van der Waals surface area contributed by atoms with Crippen LogP contribution < -0.4 is 5.32 Å². The molecule has 0 aliphatic heterocycles. The minimum absolute atomic E-state index is 0.0960. The number of hydrogen-bond donors (Lipinski definition) is 2. The second kappa shape index (κ2) is 6.10. The summed E-state index contributed by atoms with van der Waals surface area (Å²) in [7, 11) is 0. The molecule has 0 radical (unpaired) electrons. The Kier molecular flexibility index (Phi) is 4.66. The number of carbonyl (C=O) groups is 1. The van der Waals surface area contributed by atoms with E-state index in [9.17, 15) is 14.3 Å². The first kappa shape index (κ1) is 15.3. The van der Waals surface area contributed by atoms with E-state index in [0.29, 0.717) is 17.0 Å². The van der Waals surface area contributed by atoms with Crippen LogP contribution in [-0.4, -0.2) is 23.7 Å². The largest absolute Gasteiger partial charge is 0.394 e. The molecule has 1 aromatic rings. The number of aliphatic hydroxyl groups excluding tert-OH is 1. The molecule has 1 amide bonds. The molecule has 0 aromatic heterocycles. The van der Waals surface area contributed by atoms with Gasteiger partial charge >= 0.3 is 0 Å². The van der Waals surface area contributed by atoms with E-state index in [0.717, 1.165) is 0 Å². The summed E-state index contributed by atoms with van der Waals surface area (Å²) in [4.78, 5) is 12.1. The number of benzene rings is 1. The Labute approximate surface area is 123 Å². The molecule has 5 heteroatoms. The Bertz CT molecular complexity index is 486. The number of hydrogen-bond acceptors (Lipinski definition) is 2. The van der Waals surface area contributed by atoms with Crippen LogP contribution in [0.1, 0.15) is 31.7 Å². The van der Waals surface area contributed by atoms with Crippen molar-refractivity contribution in [2.45, 2.75) is 32.2 Å². The van der Waals surface area contributed by atoms with Gasteiger partial charge in [0.1, 0.15) is 5.82 Å². The molecule has 2 N–H and O–H groups in total. The van der Waals surface area contributed by atoms with Crippen molar-refractivity contribution >= 4 is 17.5 Å². The van der Waals surface area contributed by atoms with Gasteiger partial charge in [0.05, 0.1) is 12.6 Å². The number of nitrogens with one attached hydrogen (secondary N) is 1. The molecule has 0 heterocycles. The molecular weight excluding hydrogens is 281 g/mol. The fourth-order valence-electron chi connectivity index (χ4n) is 2.38. The van der Waals surface area contributed by atoms with Gasteiger partial charge < -0.3 is 10.4 Å². The van der Waals surface area contributed by atoms with Crippen molar-refractivity contribution in [3.63, 3.8) is 0 Å². The average Bonchev–Trinajstić information content (AvgIpc) is 3.15. The molecule has 1 aliphatic carbocycles. The lowest BCUT2D eigenvalue weighted by molar-refractivity contribution is -0.123. The van der Waals surface area contributed by atoms with E-state index in [4.69, 9.17) is 11.6 Å². The molecule has 3 atom stereocenters. The first-order valence-electron chi connectivity index (χ1n) is 6.80. The predicted molar refractivity (Wildman–Crippen MR) is 76.1 cm³/mol. The van der Waals surface area contributed by atoms with Crippen molar-refractivity contribution < 1.29 is 14.3 Å². The summed E-state index contributed by atoms with van der Waals surface area (Å²) in [6, 6.07) is 4.29. The fraction of sp³-hybridized carbons (Fsp3) is 0.533. The van der Waals surface area contributed by atoms with E-state index in [1.165, 1.54) is 6.07 Å².